The second-order valence-electron chi connectivity index (χ2n) is 3.03. The first-order valence-corrected chi connectivity index (χ1v) is 4.30. The van der Waals surface area contributed by atoms with E-state index in [0.717, 1.165) is 12.1 Å². The molecule has 0 saturated carbocycles. The van der Waals surface area contributed by atoms with Crippen molar-refractivity contribution >= 4 is 0 Å². The summed E-state index contributed by atoms with van der Waals surface area (Å²) in [6, 6.07) is 4.54. The Bertz CT molecular complexity index is 301. The normalized spacial score (nSPS) is 13.9. The number of hydrogen-bond donors (Lipinski definition) is 1. The Kier molecular flexibility index (Phi) is 3.71. The van der Waals surface area contributed by atoms with Crippen molar-refractivity contribution in [2.75, 3.05) is 13.7 Å². The summed E-state index contributed by atoms with van der Waals surface area (Å²) in [6.45, 7) is -0.262. The van der Waals surface area contributed by atoms with Crippen molar-refractivity contribution < 1.29 is 23.0 Å². The fraction of sp³-hybridized carbons (Fsp3) is 0.400. The Morgan fingerprint density at radius 2 is 1.80 bits per heavy atom. The van der Waals surface area contributed by atoms with Crippen molar-refractivity contribution in [3.8, 4) is 0 Å². The van der Waals surface area contributed by atoms with Crippen LogP contribution in [0.15, 0.2) is 24.3 Å². The van der Waals surface area contributed by atoms with Crippen LogP contribution in [0.3, 0.4) is 0 Å². The number of methoxy groups -OCH3 is 1. The van der Waals surface area contributed by atoms with E-state index in [-0.39, 0.29) is 6.61 Å². The van der Waals surface area contributed by atoms with E-state index in [2.05, 4.69) is 0 Å². The minimum Gasteiger partial charge on any atom is -0.393 e. The highest BCUT2D eigenvalue weighted by atomic mass is 19.4. The van der Waals surface area contributed by atoms with Gasteiger partial charge >= 0.3 is 6.18 Å². The summed E-state index contributed by atoms with van der Waals surface area (Å²) in [5, 5.41) is 8.86. The zero-order chi connectivity index (χ0) is 11.5. The van der Waals surface area contributed by atoms with Gasteiger partial charge in [-0.2, -0.15) is 13.2 Å². The van der Waals surface area contributed by atoms with Crippen LogP contribution in [0.1, 0.15) is 17.2 Å². The van der Waals surface area contributed by atoms with E-state index < -0.39 is 17.8 Å². The van der Waals surface area contributed by atoms with Gasteiger partial charge in [0.25, 0.3) is 0 Å². The molecule has 0 aromatic heterocycles. The minimum absolute atomic E-state index is 0.262. The van der Waals surface area contributed by atoms with Gasteiger partial charge in [0.1, 0.15) is 6.10 Å². The molecule has 0 aliphatic rings. The zero-order valence-corrected chi connectivity index (χ0v) is 8.08. The maximum atomic E-state index is 12.2. The molecular formula is C10H11F3O2. The predicted molar refractivity (Wildman–Crippen MR) is 48.3 cm³/mol. The van der Waals surface area contributed by atoms with E-state index in [1.807, 2.05) is 0 Å². The molecule has 0 unspecified atom stereocenters. The summed E-state index contributed by atoms with van der Waals surface area (Å²) < 4.78 is 41.5. The van der Waals surface area contributed by atoms with E-state index >= 15 is 0 Å². The van der Waals surface area contributed by atoms with Gasteiger partial charge in [0.05, 0.1) is 12.2 Å². The lowest BCUT2D eigenvalue weighted by Crippen LogP contribution is -2.08. The van der Waals surface area contributed by atoms with Crippen LogP contribution in [0.25, 0.3) is 0 Å². The Balaban J connectivity index is 2.89. The summed E-state index contributed by atoms with van der Waals surface area (Å²) in [5.41, 5.74) is -0.188. The third-order valence-electron chi connectivity index (χ3n) is 2.06. The van der Waals surface area contributed by atoms with Crippen LogP contribution in [0.4, 0.5) is 13.2 Å². The fourth-order valence-electron chi connectivity index (χ4n) is 1.20. The predicted octanol–water partition coefficient (Wildman–Crippen LogP) is 2.39. The van der Waals surface area contributed by atoms with Crippen molar-refractivity contribution in [3.63, 3.8) is 0 Å². The number of aliphatic hydroxyl groups excluding tert-OH is 1. The first kappa shape index (κ1) is 12.0. The van der Waals surface area contributed by atoms with Crippen LogP contribution < -0.4 is 0 Å². The van der Waals surface area contributed by atoms with Crippen molar-refractivity contribution in [2.24, 2.45) is 0 Å². The number of ether oxygens (including phenoxy) is 1. The lowest BCUT2D eigenvalue weighted by molar-refractivity contribution is -0.137. The van der Waals surface area contributed by atoms with Gasteiger partial charge in [-0.15, -0.1) is 0 Å². The van der Waals surface area contributed by atoms with Crippen LogP contribution in [0, 0.1) is 0 Å². The molecule has 2 nitrogen and oxygen atoms in total. The van der Waals surface area contributed by atoms with Gasteiger partial charge in [0.2, 0.25) is 0 Å². The highest BCUT2D eigenvalue weighted by molar-refractivity contribution is 5.26. The number of hydrogen-bond acceptors (Lipinski definition) is 2. The van der Waals surface area contributed by atoms with Crippen LogP contribution in [0.5, 0.6) is 0 Å². The standard InChI is InChI=1S/C10H11F3O2/c1-15-9(6-14)7-2-4-8(5-3-7)10(11,12)13/h2-5,9,14H,6H2,1H3/t9-/m1/s1. The maximum absolute atomic E-state index is 12.2. The highest BCUT2D eigenvalue weighted by Gasteiger charge is 2.30. The third-order valence-corrected chi connectivity index (χ3v) is 2.06. The van der Waals surface area contributed by atoms with Gasteiger partial charge in [0.15, 0.2) is 0 Å². The van der Waals surface area contributed by atoms with E-state index in [4.69, 9.17) is 9.84 Å². The van der Waals surface area contributed by atoms with Crippen LogP contribution in [0.2, 0.25) is 0 Å². The Morgan fingerprint density at radius 3 is 2.13 bits per heavy atom. The lowest BCUT2D eigenvalue weighted by atomic mass is 10.1. The van der Waals surface area contributed by atoms with Gasteiger partial charge in [-0.3, -0.25) is 0 Å². The monoisotopic (exact) mass is 220 g/mol. The van der Waals surface area contributed by atoms with Gasteiger partial charge in [-0.25, -0.2) is 0 Å². The molecule has 0 spiro atoms. The average molecular weight is 220 g/mol. The van der Waals surface area contributed by atoms with Crippen LogP contribution in [-0.4, -0.2) is 18.8 Å². The molecule has 84 valence electrons. The van der Waals surface area contributed by atoms with Gasteiger partial charge in [-0.05, 0) is 17.7 Å². The van der Waals surface area contributed by atoms with Gasteiger partial charge in [-0.1, -0.05) is 12.1 Å². The van der Waals surface area contributed by atoms with Crippen molar-refractivity contribution in [1.29, 1.82) is 0 Å². The quantitative estimate of drug-likeness (QED) is 0.847. The summed E-state index contributed by atoms with van der Waals surface area (Å²) >= 11 is 0. The van der Waals surface area contributed by atoms with Crippen LogP contribution in [-0.2, 0) is 10.9 Å². The summed E-state index contributed by atoms with van der Waals surface area (Å²) in [6.07, 6.45) is -4.91. The Hall–Kier alpha value is -1.07. The van der Waals surface area contributed by atoms with Crippen molar-refractivity contribution in [2.45, 2.75) is 12.3 Å². The fourth-order valence-corrected chi connectivity index (χ4v) is 1.20. The molecule has 0 bridgehead atoms. The SMILES string of the molecule is CO[C@H](CO)c1ccc(C(F)(F)F)cc1. The second-order valence-corrected chi connectivity index (χ2v) is 3.03. The number of aliphatic hydroxyl groups is 1. The molecule has 0 radical (unpaired) electrons. The molecule has 1 rings (SSSR count). The number of benzene rings is 1. The Labute approximate surface area is 85.3 Å². The molecule has 0 amide bonds. The van der Waals surface area contributed by atoms with Crippen LogP contribution >= 0.6 is 0 Å². The summed E-state index contributed by atoms with van der Waals surface area (Å²) in [7, 11) is 1.39. The maximum Gasteiger partial charge on any atom is 0.416 e. The van der Waals surface area contributed by atoms with E-state index in [1.54, 1.807) is 0 Å². The molecule has 0 saturated heterocycles. The molecule has 1 aromatic rings. The molecule has 1 atom stereocenters. The molecular weight excluding hydrogens is 209 g/mol. The Morgan fingerprint density at radius 1 is 1.27 bits per heavy atom. The zero-order valence-electron chi connectivity index (χ0n) is 8.08. The molecule has 1 N–H and O–H groups in total. The number of alkyl halides is 3. The molecule has 0 aliphatic carbocycles. The van der Waals surface area contributed by atoms with E-state index in [1.165, 1.54) is 19.2 Å². The number of rotatable bonds is 3. The molecule has 0 aliphatic heterocycles. The molecule has 15 heavy (non-hydrogen) atoms. The lowest BCUT2D eigenvalue weighted by Gasteiger charge is -2.13. The topological polar surface area (TPSA) is 29.5 Å². The minimum atomic E-state index is -4.33. The van der Waals surface area contributed by atoms with Crippen molar-refractivity contribution in [3.05, 3.63) is 35.4 Å². The first-order chi connectivity index (χ1) is 6.99. The number of halogens is 3. The third kappa shape index (κ3) is 2.94. The molecule has 0 heterocycles. The first-order valence-electron chi connectivity index (χ1n) is 4.30. The summed E-state index contributed by atoms with van der Waals surface area (Å²) in [4.78, 5) is 0. The van der Waals surface area contributed by atoms with E-state index in [9.17, 15) is 13.2 Å². The highest BCUT2D eigenvalue weighted by Crippen LogP contribution is 2.30. The van der Waals surface area contributed by atoms with Gasteiger partial charge in [0, 0.05) is 7.11 Å². The average Bonchev–Trinajstić information content (AvgIpc) is 2.19. The smallest absolute Gasteiger partial charge is 0.393 e. The molecule has 1 aromatic carbocycles. The van der Waals surface area contributed by atoms with Crippen molar-refractivity contribution in [1.82, 2.24) is 0 Å². The molecule has 0 fully saturated rings. The van der Waals surface area contributed by atoms with E-state index in [0.29, 0.717) is 5.56 Å². The second kappa shape index (κ2) is 4.63. The molecule has 5 heteroatoms. The summed E-state index contributed by atoms with van der Waals surface area (Å²) in [5.74, 6) is 0. The van der Waals surface area contributed by atoms with Gasteiger partial charge < -0.3 is 9.84 Å². The largest absolute Gasteiger partial charge is 0.416 e.